The minimum absolute atomic E-state index is 0.999. The van der Waals surface area contributed by atoms with Gasteiger partial charge < -0.3 is 4.90 Å². The van der Waals surface area contributed by atoms with Crippen LogP contribution in [0, 0.1) is 0 Å². The van der Waals surface area contributed by atoms with Crippen LogP contribution in [0.4, 0.5) is 0 Å². The van der Waals surface area contributed by atoms with E-state index < -0.39 is 0 Å². The Morgan fingerprint density at radius 2 is 2.40 bits per heavy atom. The molecule has 0 saturated carbocycles. The van der Waals surface area contributed by atoms with Crippen LogP contribution in [-0.2, 0) is 0 Å². The summed E-state index contributed by atoms with van der Waals surface area (Å²) in [6.45, 7) is 5.22. The van der Waals surface area contributed by atoms with Gasteiger partial charge in [-0.3, -0.25) is 4.99 Å². The van der Waals surface area contributed by atoms with Gasteiger partial charge in [-0.25, -0.2) is 0 Å². The minimum atomic E-state index is 0.999. The predicted molar refractivity (Wildman–Crippen MR) is 44.1 cm³/mol. The maximum absolute atomic E-state index is 4.29. The Balaban J connectivity index is 2.68. The fraction of sp³-hybridized carbons (Fsp3) is 0.625. The lowest BCUT2D eigenvalue weighted by Gasteiger charge is -2.23. The second-order valence-electron chi connectivity index (χ2n) is 2.68. The average Bonchev–Trinajstić information content (AvgIpc) is 1.95. The normalized spacial score (nSPS) is 18.5. The van der Waals surface area contributed by atoms with Crippen molar-refractivity contribution in [3.63, 3.8) is 0 Å². The summed E-state index contributed by atoms with van der Waals surface area (Å²) in [7, 11) is 2.09. The summed E-state index contributed by atoms with van der Waals surface area (Å²) in [5.41, 5.74) is 2.52. The smallest absolute Gasteiger partial charge is 0.0556 e. The Hall–Kier alpha value is -0.790. The molecule has 1 aliphatic heterocycles. The van der Waals surface area contributed by atoms with Gasteiger partial charge in [0.15, 0.2) is 0 Å². The highest BCUT2D eigenvalue weighted by atomic mass is 15.1. The Morgan fingerprint density at radius 3 is 2.90 bits per heavy atom. The van der Waals surface area contributed by atoms with E-state index >= 15 is 0 Å². The first kappa shape index (κ1) is 7.32. The molecule has 0 aromatic carbocycles. The highest BCUT2D eigenvalue weighted by molar-refractivity contribution is 5.87. The molecule has 2 heteroatoms. The summed E-state index contributed by atoms with van der Waals surface area (Å²) in [6, 6.07) is 0. The van der Waals surface area contributed by atoms with E-state index in [0.29, 0.717) is 0 Å². The first-order valence-corrected chi connectivity index (χ1v) is 3.67. The first-order chi connectivity index (χ1) is 4.74. The maximum Gasteiger partial charge on any atom is 0.0556 e. The van der Waals surface area contributed by atoms with Crippen molar-refractivity contribution in [1.29, 1.82) is 0 Å². The lowest BCUT2D eigenvalue weighted by molar-refractivity contribution is 0.468. The molecule has 0 amide bonds. The van der Waals surface area contributed by atoms with Crippen LogP contribution in [0.5, 0.6) is 0 Å². The first-order valence-electron chi connectivity index (χ1n) is 3.67. The van der Waals surface area contributed by atoms with Crippen LogP contribution in [0.1, 0.15) is 20.3 Å². The quantitative estimate of drug-likeness (QED) is 0.538. The predicted octanol–water partition coefficient (Wildman–Crippen LogP) is 1.64. The van der Waals surface area contributed by atoms with E-state index in [0.717, 1.165) is 13.0 Å². The number of aliphatic imine (C=N–C) groups is 1. The molecule has 1 aliphatic rings. The monoisotopic (exact) mass is 138 g/mol. The highest BCUT2D eigenvalue weighted by Gasteiger charge is 2.06. The molecular formula is C8H14N2. The molecule has 0 bridgehead atoms. The number of nitrogens with zero attached hydrogens (tertiary/aromatic N) is 2. The second-order valence-corrected chi connectivity index (χ2v) is 2.68. The van der Waals surface area contributed by atoms with Crippen molar-refractivity contribution in [2.24, 2.45) is 4.99 Å². The number of rotatable bonds is 1. The van der Waals surface area contributed by atoms with Gasteiger partial charge in [0, 0.05) is 24.7 Å². The van der Waals surface area contributed by atoms with E-state index in [1.165, 1.54) is 11.4 Å². The van der Waals surface area contributed by atoms with E-state index in [1.807, 2.05) is 6.20 Å². The Bertz CT molecular complexity index is 180. The van der Waals surface area contributed by atoms with Gasteiger partial charge in [0.05, 0.1) is 6.54 Å². The van der Waals surface area contributed by atoms with Crippen LogP contribution >= 0.6 is 0 Å². The zero-order valence-electron chi connectivity index (χ0n) is 6.89. The van der Waals surface area contributed by atoms with Crippen molar-refractivity contribution in [2.75, 3.05) is 13.6 Å². The van der Waals surface area contributed by atoms with Gasteiger partial charge in [0.25, 0.3) is 0 Å². The third-order valence-corrected chi connectivity index (χ3v) is 1.86. The van der Waals surface area contributed by atoms with E-state index in [9.17, 15) is 0 Å². The van der Waals surface area contributed by atoms with Gasteiger partial charge in [-0.1, -0.05) is 6.92 Å². The van der Waals surface area contributed by atoms with E-state index in [4.69, 9.17) is 0 Å². The molecule has 0 radical (unpaired) electrons. The van der Waals surface area contributed by atoms with Crippen LogP contribution < -0.4 is 0 Å². The molecule has 0 saturated heterocycles. The van der Waals surface area contributed by atoms with Crippen molar-refractivity contribution >= 4 is 5.71 Å². The molecule has 0 spiro atoms. The van der Waals surface area contributed by atoms with Crippen molar-refractivity contribution in [1.82, 2.24) is 4.90 Å². The van der Waals surface area contributed by atoms with Crippen molar-refractivity contribution in [2.45, 2.75) is 20.3 Å². The molecule has 56 valence electrons. The summed E-state index contributed by atoms with van der Waals surface area (Å²) in [5, 5.41) is 0. The van der Waals surface area contributed by atoms with Crippen LogP contribution in [0.2, 0.25) is 0 Å². The van der Waals surface area contributed by atoms with Gasteiger partial charge >= 0.3 is 0 Å². The van der Waals surface area contributed by atoms with Crippen LogP contribution in [0.25, 0.3) is 0 Å². The zero-order valence-corrected chi connectivity index (χ0v) is 6.89. The third-order valence-electron chi connectivity index (χ3n) is 1.86. The fourth-order valence-electron chi connectivity index (χ4n) is 0.926. The Kier molecular flexibility index (Phi) is 2.10. The van der Waals surface area contributed by atoms with E-state index in [-0.39, 0.29) is 0 Å². The number of hydrogen-bond acceptors (Lipinski definition) is 2. The molecule has 0 aliphatic carbocycles. The largest absolute Gasteiger partial charge is 0.371 e. The van der Waals surface area contributed by atoms with Gasteiger partial charge in [-0.05, 0) is 13.3 Å². The lowest BCUT2D eigenvalue weighted by Crippen LogP contribution is -2.26. The Labute approximate surface area is 62.3 Å². The van der Waals surface area contributed by atoms with Crippen LogP contribution in [0.15, 0.2) is 16.9 Å². The molecule has 10 heavy (non-hydrogen) atoms. The maximum atomic E-state index is 4.29. The summed E-state index contributed by atoms with van der Waals surface area (Å²) in [6.07, 6.45) is 3.00. The molecule has 1 rings (SSSR count). The molecule has 0 N–H and O–H groups in total. The molecular weight excluding hydrogens is 124 g/mol. The molecule has 0 atom stereocenters. The molecule has 0 fully saturated rings. The van der Waals surface area contributed by atoms with Crippen molar-refractivity contribution < 1.29 is 0 Å². The van der Waals surface area contributed by atoms with Crippen LogP contribution in [0.3, 0.4) is 0 Å². The van der Waals surface area contributed by atoms with Gasteiger partial charge in [-0.15, -0.1) is 0 Å². The van der Waals surface area contributed by atoms with E-state index in [1.54, 1.807) is 0 Å². The summed E-state index contributed by atoms with van der Waals surface area (Å²) >= 11 is 0. The molecule has 1 heterocycles. The average molecular weight is 138 g/mol. The molecule has 0 aromatic rings. The number of allylic oxidation sites excluding steroid dienone is 1. The minimum Gasteiger partial charge on any atom is -0.371 e. The van der Waals surface area contributed by atoms with Gasteiger partial charge in [-0.2, -0.15) is 0 Å². The van der Waals surface area contributed by atoms with Crippen molar-refractivity contribution in [3.8, 4) is 0 Å². The van der Waals surface area contributed by atoms with Gasteiger partial charge in [0.1, 0.15) is 0 Å². The second kappa shape index (κ2) is 2.86. The molecule has 0 unspecified atom stereocenters. The van der Waals surface area contributed by atoms with Gasteiger partial charge in [0.2, 0.25) is 0 Å². The SMILES string of the molecule is CCC1=NC=C(C)N(C)C1. The number of hydrogen-bond donors (Lipinski definition) is 0. The fourth-order valence-corrected chi connectivity index (χ4v) is 0.926. The third kappa shape index (κ3) is 1.38. The van der Waals surface area contributed by atoms with Crippen LogP contribution in [-0.4, -0.2) is 24.2 Å². The van der Waals surface area contributed by atoms with E-state index in [2.05, 4.69) is 30.8 Å². The molecule has 0 aromatic heterocycles. The topological polar surface area (TPSA) is 15.6 Å². The lowest BCUT2D eigenvalue weighted by atomic mass is 10.2. The highest BCUT2D eigenvalue weighted by Crippen LogP contribution is 2.07. The summed E-state index contributed by atoms with van der Waals surface area (Å²) in [5.74, 6) is 0. The standard InChI is InChI=1S/C8H14N2/c1-4-8-6-10(3)7(2)5-9-8/h5H,4,6H2,1-3H3. The summed E-state index contributed by atoms with van der Waals surface area (Å²) in [4.78, 5) is 6.51. The van der Waals surface area contributed by atoms with Crippen molar-refractivity contribution in [3.05, 3.63) is 11.9 Å². The Morgan fingerprint density at radius 1 is 1.70 bits per heavy atom. The zero-order chi connectivity index (χ0) is 7.56. The summed E-state index contributed by atoms with van der Waals surface area (Å²) < 4.78 is 0. The molecule has 2 nitrogen and oxygen atoms in total.